The van der Waals surface area contributed by atoms with Crippen molar-refractivity contribution >= 4 is 34.9 Å². The third-order valence-electron chi connectivity index (χ3n) is 1.57. The monoisotopic (exact) mass is 277 g/mol. The quantitative estimate of drug-likeness (QED) is 0.681. The van der Waals surface area contributed by atoms with Crippen LogP contribution in [0, 0.1) is 0 Å². The molecule has 0 saturated carbocycles. The predicted molar refractivity (Wildman–Crippen MR) is 66.4 cm³/mol. The van der Waals surface area contributed by atoms with E-state index in [0.29, 0.717) is 0 Å². The normalized spacial score (nSPS) is 11.4. The molecule has 1 heterocycles. The lowest BCUT2D eigenvalue weighted by atomic mass is 10.2. The highest BCUT2D eigenvalue weighted by molar-refractivity contribution is 6.32. The van der Waals surface area contributed by atoms with Crippen LogP contribution in [0.15, 0.2) is 6.07 Å². The van der Waals surface area contributed by atoms with Gasteiger partial charge in [0.15, 0.2) is 0 Å². The molecule has 0 aliphatic carbocycles. The number of ether oxygens (including phenoxy) is 1. The molecule has 0 aliphatic heterocycles. The SMILES string of the molecule is CC(C)(C)OCC(=O)Nc1cc(Cl)nc(Cl)n1. The minimum absolute atomic E-state index is 0.0236. The lowest BCUT2D eigenvalue weighted by Gasteiger charge is -2.18. The fourth-order valence-electron chi connectivity index (χ4n) is 0.915. The number of aromatic nitrogens is 2. The van der Waals surface area contributed by atoms with Crippen molar-refractivity contribution in [2.24, 2.45) is 0 Å². The molecular weight excluding hydrogens is 265 g/mol. The van der Waals surface area contributed by atoms with Crippen molar-refractivity contribution in [1.82, 2.24) is 9.97 Å². The van der Waals surface area contributed by atoms with E-state index in [1.54, 1.807) is 0 Å². The van der Waals surface area contributed by atoms with Gasteiger partial charge in [-0.05, 0) is 32.4 Å². The van der Waals surface area contributed by atoms with E-state index < -0.39 is 0 Å². The van der Waals surface area contributed by atoms with Crippen LogP contribution in [0.1, 0.15) is 20.8 Å². The van der Waals surface area contributed by atoms with Crippen LogP contribution in [-0.2, 0) is 9.53 Å². The molecule has 1 aromatic rings. The molecule has 0 unspecified atom stereocenters. The number of anilines is 1. The van der Waals surface area contributed by atoms with Gasteiger partial charge in [-0.3, -0.25) is 4.79 Å². The Hall–Kier alpha value is -0.910. The van der Waals surface area contributed by atoms with Gasteiger partial charge in [0.05, 0.1) is 5.60 Å². The number of halogens is 2. The van der Waals surface area contributed by atoms with Crippen LogP contribution in [0.5, 0.6) is 0 Å². The summed E-state index contributed by atoms with van der Waals surface area (Å²) in [6.07, 6.45) is 0. The zero-order chi connectivity index (χ0) is 13.1. The Kier molecular flexibility index (Phi) is 4.68. The standard InChI is InChI=1S/C10H13Cl2N3O2/c1-10(2,3)17-5-8(16)14-7-4-6(11)13-9(12)15-7/h4H,5H2,1-3H3,(H,13,14,15,16). The third-order valence-corrected chi connectivity index (χ3v) is 1.93. The number of nitrogens with one attached hydrogen (secondary N) is 1. The van der Waals surface area contributed by atoms with Crippen molar-refractivity contribution < 1.29 is 9.53 Å². The van der Waals surface area contributed by atoms with Crippen molar-refractivity contribution in [1.29, 1.82) is 0 Å². The molecule has 1 N–H and O–H groups in total. The lowest BCUT2D eigenvalue weighted by molar-refractivity contribution is -0.125. The molecule has 0 aromatic carbocycles. The first-order valence-electron chi connectivity index (χ1n) is 4.90. The predicted octanol–water partition coefficient (Wildman–Crippen LogP) is 2.54. The third kappa shape index (κ3) is 5.81. The Balaban J connectivity index is 2.56. The maximum Gasteiger partial charge on any atom is 0.251 e. The van der Waals surface area contributed by atoms with E-state index >= 15 is 0 Å². The Morgan fingerprint density at radius 3 is 2.59 bits per heavy atom. The van der Waals surface area contributed by atoms with E-state index in [9.17, 15) is 4.79 Å². The van der Waals surface area contributed by atoms with Crippen molar-refractivity contribution in [3.05, 3.63) is 16.5 Å². The Bertz CT molecular complexity index is 398. The fraction of sp³-hybridized carbons (Fsp3) is 0.500. The summed E-state index contributed by atoms with van der Waals surface area (Å²) in [7, 11) is 0. The summed E-state index contributed by atoms with van der Waals surface area (Å²) in [4.78, 5) is 19.0. The van der Waals surface area contributed by atoms with E-state index in [1.807, 2.05) is 20.8 Å². The average molecular weight is 278 g/mol. The molecule has 94 valence electrons. The first kappa shape index (κ1) is 14.2. The topological polar surface area (TPSA) is 64.1 Å². The fourth-order valence-corrected chi connectivity index (χ4v) is 1.32. The molecule has 0 fully saturated rings. The number of hydrogen-bond acceptors (Lipinski definition) is 4. The minimum atomic E-state index is -0.377. The maximum atomic E-state index is 11.5. The van der Waals surface area contributed by atoms with E-state index in [1.165, 1.54) is 6.07 Å². The van der Waals surface area contributed by atoms with Gasteiger partial charge in [0.2, 0.25) is 5.28 Å². The molecule has 7 heteroatoms. The van der Waals surface area contributed by atoms with Crippen LogP contribution in [0.2, 0.25) is 10.4 Å². The largest absolute Gasteiger partial charge is 0.366 e. The molecule has 1 aromatic heterocycles. The summed E-state index contributed by atoms with van der Waals surface area (Å²) in [5, 5.41) is 2.65. The van der Waals surface area contributed by atoms with Gasteiger partial charge in [-0.1, -0.05) is 11.6 Å². The van der Waals surface area contributed by atoms with Crippen LogP contribution in [0.4, 0.5) is 5.82 Å². The summed E-state index contributed by atoms with van der Waals surface area (Å²) < 4.78 is 5.30. The van der Waals surface area contributed by atoms with Gasteiger partial charge < -0.3 is 10.1 Å². The van der Waals surface area contributed by atoms with E-state index in [4.69, 9.17) is 27.9 Å². The first-order chi connectivity index (χ1) is 7.76. The van der Waals surface area contributed by atoms with Crippen molar-refractivity contribution in [3.8, 4) is 0 Å². The Morgan fingerprint density at radius 1 is 1.41 bits per heavy atom. The van der Waals surface area contributed by atoms with Gasteiger partial charge in [0.1, 0.15) is 17.6 Å². The van der Waals surface area contributed by atoms with Crippen molar-refractivity contribution in [3.63, 3.8) is 0 Å². The van der Waals surface area contributed by atoms with Gasteiger partial charge in [-0.2, -0.15) is 0 Å². The van der Waals surface area contributed by atoms with Gasteiger partial charge in [-0.15, -0.1) is 0 Å². The summed E-state index contributed by atoms with van der Waals surface area (Å²) in [5.74, 6) is -0.0803. The zero-order valence-corrected chi connectivity index (χ0v) is 11.3. The number of amides is 1. The molecule has 5 nitrogen and oxygen atoms in total. The highest BCUT2D eigenvalue weighted by Gasteiger charge is 2.13. The highest BCUT2D eigenvalue weighted by Crippen LogP contribution is 2.14. The Labute approximate surface area is 109 Å². The van der Waals surface area contributed by atoms with E-state index in [-0.39, 0.29) is 34.4 Å². The number of carbonyl (C=O) groups excluding carboxylic acids is 1. The summed E-state index contributed by atoms with van der Waals surface area (Å²) in [6, 6.07) is 1.41. The highest BCUT2D eigenvalue weighted by atomic mass is 35.5. The summed E-state index contributed by atoms with van der Waals surface area (Å²) in [5.41, 5.74) is -0.377. The molecule has 1 amide bonds. The summed E-state index contributed by atoms with van der Waals surface area (Å²) in [6.45, 7) is 5.51. The van der Waals surface area contributed by atoms with Gasteiger partial charge in [0, 0.05) is 6.07 Å². The molecule has 0 radical (unpaired) electrons. The molecule has 0 aliphatic rings. The van der Waals surface area contributed by atoms with Gasteiger partial charge in [0.25, 0.3) is 5.91 Å². The molecule has 1 rings (SSSR count). The van der Waals surface area contributed by atoms with Crippen molar-refractivity contribution in [2.75, 3.05) is 11.9 Å². The molecule has 0 atom stereocenters. The van der Waals surface area contributed by atoms with E-state index in [0.717, 1.165) is 0 Å². The van der Waals surface area contributed by atoms with Crippen LogP contribution < -0.4 is 5.32 Å². The van der Waals surface area contributed by atoms with Crippen LogP contribution in [0.3, 0.4) is 0 Å². The second-order valence-electron chi connectivity index (χ2n) is 4.29. The average Bonchev–Trinajstić information content (AvgIpc) is 2.11. The van der Waals surface area contributed by atoms with Crippen molar-refractivity contribution in [2.45, 2.75) is 26.4 Å². The van der Waals surface area contributed by atoms with Gasteiger partial charge >= 0.3 is 0 Å². The second kappa shape index (κ2) is 5.62. The van der Waals surface area contributed by atoms with E-state index in [2.05, 4.69) is 15.3 Å². The molecule has 0 spiro atoms. The molecular formula is C10H13Cl2N3O2. The molecule has 0 bridgehead atoms. The molecule has 17 heavy (non-hydrogen) atoms. The van der Waals surface area contributed by atoms with Gasteiger partial charge in [-0.25, -0.2) is 9.97 Å². The number of hydrogen-bond donors (Lipinski definition) is 1. The first-order valence-corrected chi connectivity index (χ1v) is 5.66. The van der Waals surface area contributed by atoms with Crippen LogP contribution in [-0.4, -0.2) is 28.1 Å². The van der Waals surface area contributed by atoms with Crippen LogP contribution in [0.25, 0.3) is 0 Å². The summed E-state index contributed by atoms with van der Waals surface area (Å²) >= 11 is 11.3. The Morgan fingerprint density at radius 2 is 2.06 bits per heavy atom. The lowest BCUT2D eigenvalue weighted by Crippen LogP contribution is -2.27. The molecule has 0 saturated heterocycles. The zero-order valence-electron chi connectivity index (χ0n) is 9.75. The number of rotatable bonds is 3. The minimum Gasteiger partial charge on any atom is -0.366 e. The van der Waals surface area contributed by atoms with Crippen LogP contribution >= 0.6 is 23.2 Å². The number of nitrogens with zero attached hydrogens (tertiary/aromatic N) is 2. The maximum absolute atomic E-state index is 11.5. The second-order valence-corrected chi connectivity index (χ2v) is 5.02. The number of carbonyl (C=O) groups is 1. The smallest absolute Gasteiger partial charge is 0.251 e.